The summed E-state index contributed by atoms with van der Waals surface area (Å²) < 4.78 is 46.7. The van der Waals surface area contributed by atoms with Gasteiger partial charge in [-0.15, -0.1) is 0 Å². The minimum absolute atomic E-state index is 0.0938. The molecule has 1 saturated carbocycles. The van der Waals surface area contributed by atoms with Crippen LogP contribution in [-0.4, -0.2) is 39.7 Å². The summed E-state index contributed by atoms with van der Waals surface area (Å²) in [6.07, 6.45) is 2.43. The summed E-state index contributed by atoms with van der Waals surface area (Å²) in [6.45, 7) is -0.519. The fraction of sp³-hybridized carbons (Fsp3) is 0.423. The molecule has 0 unspecified atom stereocenters. The molecule has 1 saturated heterocycles. The number of hydrogen-bond donors (Lipinski definition) is 1. The van der Waals surface area contributed by atoms with E-state index in [9.17, 15) is 37.7 Å². The zero-order valence-corrected chi connectivity index (χ0v) is 20.3. The molecule has 0 aromatic heterocycles. The molecule has 9 nitrogen and oxygen atoms in total. The lowest BCUT2D eigenvalue weighted by molar-refractivity contribution is -0.384. The van der Waals surface area contributed by atoms with Crippen LogP contribution in [0.1, 0.15) is 49.7 Å². The highest BCUT2D eigenvalue weighted by atomic mass is 19.2. The van der Waals surface area contributed by atoms with Crippen LogP contribution in [0.25, 0.3) is 0 Å². The minimum Gasteiger partial charge on any atom is -0.459 e. The third-order valence-corrected chi connectivity index (χ3v) is 6.70. The number of carbonyl (C=O) groups excluding carboxylic acids is 3. The maximum atomic E-state index is 14.2. The second-order valence-corrected chi connectivity index (χ2v) is 9.61. The number of ether oxygens (including phenoxy) is 1. The van der Waals surface area contributed by atoms with Crippen LogP contribution in [0.5, 0.6) is 0 Å². The van der Waals surface area contributed by atoms with Crippen molar-refractivity contribution < 1.29 is 37.2 Å². The van der Waals surface area contributed by atoms with Gasteiger partial charge in [-0.25, -0.2) is 18.0 Å². The number of nitro benzene ring substituents is 1. The Hall–Kier alpha value is -3.96. The Kier molecular flexibility index (Phi) is 8.28. The molecule has 4 rings (SSSR count). The van der Waals surface area contributed by atoms with Gasteiger partial charge in [-0.2, -0.15) is 0 Å². The van der Waals surface area contributed by atoms with Gasteiger partial charge in [-0.3, -0.25) is 19.7 Å². The van der Waals surface area contributed by atoms with E-state index in [1.54, 1.807) is 0 Å². The summed E-state index contributed by atoms with van der Waals surface area (Å²) in [5.74, 6) is -4.87. The number of halogens is 3. The predicted octanol–water partition coefficient (Wildman–Crippen LogP) is 3.92. The Morgan fingerprint density at radius 3 is 2.50 bits per heavy atom. The van der Waals surface area contributed by atoms with Gasteiger partial charge in [0.15, 0.2) is 11.6 Å². The minimum atomic E-state index is -1.36. The van der Waals surface area contributed by atoms with Crippen molar-refractivity contribution >= 4 is 23.5 Å². The Morgan fingerprint density at radius 1 is 1.13 bits per heavy atom. The Bertz CT molecular complexity index is 1240. The van der Waals surface area contributed by atoms with Crippen molar-refractivity contribution in [3.63, 3.8) is 0 Å². The summed E-state index contributed by atoms with van der Waals surface area (Å²) in [7, 11) is 0. The van der Waals surface area contributed by atoms with Gasteiger partial charge < -0.3 is 15.0 Å². The van der Waals surface area contributed by atoms with Crippen molar-refractivity contribution in [1.82, 2.24) is 10.2 Å². The average molecular weight is 534 g/mol. The molecule has 2 aromatic carbocycles. The van der Waals surface area contributed by atoms with Crippen molar-refractivity contribution in [3.8, 4) is 0 Å². The van der Waals surface area contributed by atoms with Gasteiger partial charge in [0, 0.05) is 49.2 Å². The molecular weight excluding hydrogens is 507 g/mol. The maximum absolute atomic E-state index is 14.2. The molecule has 38 heavy (non-hydrogen) atoms. The average Bonchev–Trinajstić information content (AvgIpc) is 3.64. The first kappa shape index (κ1) is 27.1. The highest BCUT2D eigenvalue weighted by Gasteiger charge is 2.36. The summed E-state index contributed by atoms with van der Waals surface area (Å²) in [4.78, 5) is 49.5. The van der Waals surface area contributed by atoms with E-state index in [0.717, 1.165) is 18.9 Å². The van der Waals surface area contributed by atoms with Crippen molar-refractivity contribution in [2.24, 2.45) is 5.92 Å². The SMILES string of the molecule is O=C(C[C@@H]1CCC(=O)N1Cc1cc(F)cc(F)c1F)N[C@@H](CC1CC1)C(=O)OCc1ccc([N+](=O)[O-])cc1. The van der Waals surface area contributed by atoms with Gasteiger partial charge >= 0.3 is 5.97 Å². The summed E-state index contributed by atoms with van der Waals surface area (Å²) in [6, 6.07) is 5.21. The number of likely N-dealkylation sites (tertiary alicyclic amines) is 1. The quantitative estimate of drug-likeness (QED) is 0.202. The summed E-state index contributed by atoms with van der Waals surface area (Å²) in [5.41, 5.74) is 0.120. The molecule has 0 spiro atoms. The Morgan fingerprint density at radius 2 is 1.84 bits per heavy atom. The van der Waals surface area contributed by atoms with E-state index in [-0.39, 0.29) is 49.1 Å². The number of esters is 1. The molecule has 2 fully saturated rings. The van der Waals surface area contributed by atoms with Crippen LogP contribution in [-0.2, 0) is 32.3 Å². The molecule has 0 radical (unpaired) electrons. The third-order valence-electron chi connectivity index (χ3n) is 6.70. The largest absolute Gasteiger partial charge is 0.459 e. The number of benzene rings is 2. The van der Waals surface area contributed by atoms with Crippen LogP contribution in [0.2, 0.25) is 0 Å². The lowest BCUT2D eigenvalue weighted by Gasteiger charge is -2.26. The highest BCUT2D eigenvalue weighted by Crippen LogP contribution is 2.34. The number of amides is 2. The van der Waals surface area contributed by atoms with Crippen LogP contribution < -0.4 is 5.32 Å². The molecule has 2 aromatic rings. The number of non-ortho nitro benzene ring substituents is 1. The number of nitrogens with zero attached hydrogens (tertiary/aromatic N) is 2. The standard InChI is InChI=1S/C26H26F3N3O6/c27-18-10-17(25(29)21(28)11-18)13-31-20(7-8-24(31)34)12-23(33)30-22(9-15-1-2-15)26(35)38-14-16-3-5-19(6-4-16)32(36)37/h3-6,10-11,15,20,22H,1-2,7-9,12-14H2,(H,30,33)/t20-,22-/m0/s1. The number of rotatable bonds is 11. The zero-order chi connectivity index (χ0) is 27.4. The van der Waals surface area contributed by atoms with Gasteiger partial charge in [0.2, 0.25) is 11.8 Å². The van der Waals surface area contributed by atoms with Gasteiger partial charge in [-0.05, 0) is 42.5 Å². The smallest absolute Gasteiger partial charge is 0.328 e. The molecule has 1 aliphatic carbocycles. The molecule has 12 heteroatoms. The Balaban J connectivity index is 1.36. The van der Waals surface area contributed by atoms with E-state index >= 15 is 0 Å². The van der Waals surface area contributed by atoms with Crippen molar-refractivity contribution in [2.75, 3.05) is 0 Å². The molecule has 1 heterocycles. The summed E-state index contributed by atoms with van der Waals surface area (Å²) >= 11 is 0. The molecule has 202 valence electrons. The van der Waals surface area contributed by atoms with E-state index in [0.29, 0.717) is 24.5 Å². The Labute approximate surface area is 216 Å². The molecule has 2 atom stereocenters. The topological polar surface area (TPSA) is 119 Å². The van der Waals surface area contributed by atoms with E-state index in [1.165, 1.54) is 29.2 Å². The monoisotopic (exact) mass is 533 g/mol. The molecule has 2 amide bonds. The van der Waals surface area contributed by atoms with Gasteiger partial charge in [-0.1, -0.05) is 12.8 Å². The second-order valence-electron chi connectivity index (χ2n) is 9.61. The van der Waals surface area contributed by atoms with Crippen LogP contribution in [0.15, 0.2) is 36.4 Å². The fourth-order valence-electron chi connectivity index (χ4n) is 4.47. The van der Waals surface area contributed by atoms with E-state index in [4.69, 9.17) is 4.74 Å². The van der Waals surface area contributed by atoms with Crippen LogP contribution >= 0.6 is 0 Å². The molecule has 1 aliphatic heterocycles. The normalized spacial score (nSPS) is 17.8. The van der Waals surface area contributed by atoms with Crippen molar-refractivity contribution in [2.45, 2.75) is 63.8 Å². The van der Waals surface area contributed by atoms with Crippen LogP contribution in [0, 0.1) is 33.5 Å². The van der Waals surface area contributed by atoms with E-state index < -0.39 is 46.3 Å². The summed E-state index contributed by atoms with van der Waals surface area (Å²) in [5, 5.41) is 13.5. The molecule has 0 bridgehead atoms. The molecule has 2 aliphatic rings. The van der Waals surface area contributed by atoms with Crippen molar-refractivity contribution in [1.29, 1.82) is 0 Å². The third kappa shape index (κ3) is 6.87. The van der Waals surface area contributed by atoms with E-state index in [2.05, 4.69) is 5.32 Å². The first-order valence-corrected chi connectivity index (χ1v) is 12.2. The number of hydrogen-bond acceptors (Lipinski definition) is 6. The highest BCUT2D eigenvalue weighted by molar-refractivity contribution is 5.86. The lowest BCUT2D eigenvalue weighted by Crippen LogP contribution is -2.44. The van der Waals surface area contributed by atoms with Crippen molar-refractivity contribution in [3.05, 3.63) is 75.1 Å². The van der Waals surface area contributed by atoms with Gasteiger partial charge in [0.05, 0.1) is 4.92 Å². The molecular formula is C26H26F3N3O6. The van der Waals surface area contributed by atoms with Crippen LogP contribution in [0.3, 0.4) is 0 Å². The predicted molar refractivity (Wildman–Crippen MR) is 127 cm³/mol. The lowest BCUT2D eigenvalue weighted by atomic mass is 10.1. The van der Waals surface area contributed by atoms with Crippen LogP contribution in [0.4, 0.5) is 18.9 Å². The number of nitrogens with one attached hydrogen (secondary N) is 1. The van der Waals surface area contributed by atoms with E-state index in [1.807, 2.05) is 0 Å². The molecule has 1 N–H and O–H groups in total. The number of carbonyl (C=O) groups is 3. The first-order valence-electron chi connectivity index (χ1n) is 12.2. The second kappa shape index (κ2) is 11.6. The maximum Gasteiger partial charge on any atom is 0.328 e. The van der Waals surface area contributed by atoms with Gasteiger partial charge in [0.1, 0.15) is 18.5 Å². The zero-order valence-electron chi connectivity index (χ0n) is 20.3. The van der Waals surface area contributed by atoms with Gasteiger partial charge in [0.25, 0.3) is 5.69 Å². The first-order chi connectivity index (χ1) is 18.1. The fourth-order valence-corrected chi connectivity index (χ4v) is 4.47. The number of nitro groups is 1.